The van der Waals surface area contributed by atoms with Crippen LogP contribution < -0.4 is 5.32 Å². The molecule has 5 heteroatoms. The topological polar surface area (TPSA) is 41.6 Å². The van der Waals surface area contributed by atoms with Crippen molar-refractivity contribution >= 4 is 22.9 Å². The molecule has 4 nitrogen and oxygen atoms in total. The second-order valence-corrected chi connectivity index (χ2v) is 7.44. The van der Waals surface area contributed by atoms with Crippen LogP contribution in [-0.2, 0) is 16.0 Å². The van der Waals surface area contributed by atoms with Crippen molar-refractivity contribution in [3.63, 3.8) is 0 Å². The Morgan fingerprint density at radius 2 is 1.96 bits per heavy atom. The number of halogens is 1. The number of benzene rings is 2. The van der Waals surface area contributed by atoms with Crippen LogP contribution >= 0.6 is 0 Å². The minimum absolute atomic E-state index is 0.137. The highest BCUT2D eigenvalue weighted by atomic mass is 19.1. The summed E-state index contributed by atoms with van der Waals surface area (Å²) < 4.78 is 19.8. The molecule has 0 aromatic heterocycles. The Bertz CT molecular complexity index is 949. The van der Waals surface area contributed by atoms with Crippen molar-refractivity contribution in [3.8, 4) is 0 Å². The number of nitrogens with zero attached hydrogens (tertiary/aromatic N) is 1. The summed E-state index contributed by atoms with van der Waals surface area (Å²) in [4.78, 5) is 14.7. The lowest BCUT2D eigenvalue weighted by Gasteiger charge is -2.10. The zero-order valence-electron chi connectivity index (χ0n) is 15.8. The molecule has 1 atom stereocenters. The van der Waals surface area contributed by atoms with E-state index in [1.165, 1.54) is 17.7 Å². The molecule has 140 valence electrons. The van der Waals surface area contributed by atoms with Gasteiger partial charge >= 0.3 is 0 Å². The predicted molar refractivity (Wildman–Crippen MR) is 105 cm³/mol. The van der Waals surface area contributed by atoms with Crippen LogP contribution in [0.5, 0.6) is 0 Å². The lowest BCUT2D eigenvalue weighted by Crippen LogP contribution is -2.13. The van der Waals surface area contributed by atoms with Crippen molar-refractivity contribution in [2.45, 2.75) is 25.9 Å². The molecule has 0 aliphatic carbocycles. The van der Waals surface area contributed by atoms with E-state index < -0.39 is 0 Å². The van der Waals surface area contributed by atoms with Gasteiger partial charge in [-0.2, -0.15) is 0 Å². The Morgan fingerprint density at radius 3 is 2.74 bits per heavy atom. The molecule has 1 N–H and O–H groups in total. The van der Waals surface area contributed by atoms with E-state index in [-0.39, 0.29) is 17.8 Å². The monoisotopic (exact) mass is 366 g/mol. The summed E-state index contributed by atoms with van der Waals surface area (Å²) >= 11 is 0. The normalized spacial score (nSPS) is 20.5. The van der Waals surface area contributed by atoms with Gasteiger partial charge in [0.25, 0.3) is 5.91 Å². The number of rotatable bonds is 4. The minimum atomic E-state index is -0.370. The molecular weight excluding hydrogens is 343 g/mol. The number of fused-ring (bicyclic) bond motifs is 2. The first-order valence-electron chi connectivity index (χ1n) is 9.24. The molecule has 2 heterocycles. The third-order valence-electron chi connectivity index (χ3n) is 5.12. The van der Waals surface area contributed by atoms with Crippen molar-refractivity contribution in [1.29, 1.82) is 0 Å². The van der Waals surface area contributed by atoms with Crippen molar-refractivity contribution in [2.75, 3.05) is 26.0 Å². The maximum Gasteiger partial charge on any atom is 0.260 e. The summed E-state index contributed by atoms with van der Waals surface area (Å²) in [7, 11) is 4.15. The first-order chi connectivity index (χ1) is 12.9. The molecule has 0 fully saturated rings. The second kappa shape index (κ2) is 6.82. The highest BCUT2D eigenvalue weighted by Gasteiger charge is 2.35. The second-order valence-electron chi connectivity index (χ2n) is 7.44. The van der Waals surface area contributed by atoms with Crippen molar-refractivity contribution < 1.29 is 13.9 Å². The number of amides is 1. The van der Waals surface area contributed by atoms with Gasteiger partial charge in [-0.25, -0.2) is 4.39 Å². The van der Waals surface area contributed by atoms with Gasteiger partial charge in [0.2, 0.25) is 0 Å². The van der Waals surface area contributed by atoms with E-state index in [4.69, 9.17) is 4.74 Å². The van der Waals surface area contributed by atoms with Gasteiger partial charge in [-0.05, 0) is 64.2 Å². The van der Waals surface area contributed by atoms with Gasteiger partial charge in [-0.3, -0.25) is 4.79 Å². The van der Waals surface area contributed by atoms with Gasteiger partial charge in [-0.15, -0.1) is 0 Å². The Hall–Kier alpha value is -2.66. The van der Waals surface area contributed by atoms with E-state index in [0.29, 0.717) is 22.6 Å². The molecule has 2 aromatic rings. The molecule has 1 unspecified atom stereocenters. The van der Waals surface area contributed by atoms with Crippen LogP contribution in [0, 0.1) is 5.82 Å². The van der Waals surface area contributed by atoms with Gasteiger partial charge in [0.15, 0.2) is 0 Å². The Balaban J connectivity index is 1.72. The zero-order valence-corrected chi connectivity index (χ0v) is 15.8. The van der Waals surface area contributed by atoms with E-state index in [9.17, 15) is 9.18 Å². The first kappa shape index (κ1) is 17.7. The SMILES string of the molecule is CC1OC(=C2C(=O)Nc3ccc(F)cc32)c2ccc(CCCN(C)C)cc21. The van der Waals surface area contributed by atoms with Crippen LogP contribution in [0.3, 0.4) is 0 Å². The summed E-state index contributed by atoms with van der Waals surface area (Å²) in [5.41, 5.74) is 4.85. The fourth-order valence-electron chi connectivity index (χ4n) is 3.77. The molecule has 4 rings (SSSR count). The number of hydrogen-bond donors (Lipinski definition) is 1. The van der Waals surface area contributed by atoms with Crippen molar-refractivity contribution in [2.24, 2.45) is 0 Å². The lowest BCUT2D eigenvalue weighted by molar-refractivity contribution is -0.110. The van der Waals surface area contributed by atoms with Crippen LogP contribution in [0.25, 0.3) is 11.3 Å². The van der Waals surface area contributed by atoms with E-state index in [0.717, 1.165) is 30.5 Å². The largest absolute Gasteiger partial charge is 0.484 e. The lowest BCUT2D eigenvalue weighted by atomic mass is 9.96. The number of anilines is 1. The van der Waals surface area contributed by atoms with Gasteiger partial charge in [0.1, 0.15) is 17.7 Å². The molecule has 0 saturated carbocycles. The molecule has 0 spiro atoms. The quantitative estimate of drug-likeness (QED) is 0.824. The maximum atomic E-state index is 13.7. The Kier molecular flexibility index (Phi) is 4.48. The standard InChI is InChI=1S/C22H23FN2O2/c1-13-17-11-14(5-4-10-25(2)3)6-8-16(17)21(27-13)20-18-12-15(23)7-9-19(18)24-22(20)26/h6-9,11-13H,4-5,10H2,1-3H3,(H,24,26). The molecular formula is C22H23FN2O2. The fraction of sp³-hybridized carbons (Fsp3) is 0.318. The number of carbonyl (C=O) groups excluding carboxylic acids is 1. The van der Waals surface area contributed by atoms with Crippen LogP contribution in [0.2, 0.25) is 0 Å². The summed E-state index contributed by atoms with van der Waals surface area (Å²) in [5, 5.41) is 2.80. The molecule has 2 aliphatic heterocycles. The molecule has 1 amide bonds. The van der Waals surface area contributed by atoms with Crippen molar-refractivity contribution in [3.05, 3.63) is 64.5 Å². The average Bonchev–Trinajstić information content (AvgIpc) is 3.10. The van der Waals surface area contributed by atoms with Gasteiger partial charge < -0.3 is 15.0 Å². The van der Waals surface area contributed by atoms with Crippen LogP contribution in [-0.4, -0.2) is 31.4 Å². The number of carbonyl (C=O) groups is 1. The van der Waals surface area contributed by atoms with E-state index in [2.05, 4.69) is 36.4 Å². The molecule has 0 saturated heterocycles. The van der Waals surface area contributed by atoms with Crippen LogP contribution in [0.1, 0.15) is 41.7 Å². The molecule has 0 radical (unpaired) electrons. The summed E-state index contributed by atoms with van der Waals surface area (Å²) in [6.45, 7) is 3.02. The number of ether oxygens (including phenoxy) is 1. The molecule has 0 bridgehead atoms. The van der Waals surface area contributed by atoms with Gasteiger partial charge in [0.05, 0.1) is 5.57 Å². The predicted octanol–water partition coefficient (Wildman–Crippen LogP) is 4.23. The zero-order chi connectivity index (χ0) is 19.1. The highest BCUT2D eigenvalue weighted by Crippen LogP contribution is 2.45. The summed E-state index contributed by atoms with van der Waals surface area (Å²) in [6, 6.07) is 10.6. The smallest absolute Gasteiger partial charge is 0.260 e. The van der Waals surface area contributed by atoms with E-state index in [1.54, 1.807) is 6.07 Å². The van der Waals surface area contributed by atoms with Crippen LogP contribution in [0.4, 0.5) is 10.1 Å². The maximum absolute atomic E-state index is 13.7. The third-order valence-corrected chi connectivity index (χ3v) is 5.12. The summed E-state index contributed by atoms with van der Waals surface area (Å²) in [5.74, 6) is -0.0780. The highest BCUT2D eigenvalue weighted by molar-refractivity contribution is 6.36. The van der Waals surface area contributed by atoms with Crippen LogP contribution in [0.15, 0.2) is 36.4 Å². The number of aryl methyl sites for hydroxylation is 1. The fourth-order valence-corrected chi connectivity index (χ4v) is 3.77. The first-order valence-corrected chi connectivity index (χ1v) is 9.24. The molecule has 27 heavy (non-hydrogen) atoms. The molecule has 2 aliphatic rings. The van der Waals surface area contributed by atoms with Gasteiger partial charge in [-0.1, -0.05) is 18.2 Å². The Labute approximate surface area is 158 Å². The van der Waals surface area contributed by atoms with Crippen molar-refractivity contribution in [1.82, 2.24) is 4.90 Å². The average molecular weight is 366 g/mol. The molecule has 2 aromatic carbocycles. The summed E-state index contributed by atoms with van der Waals surface area (Å²) in [6.07, 6.45) is 1.95. The number of hydrogen-bond acceptors (Lipinski definition) is 3. The third kappa shape index (κ3) is 3.23. The van der Waals surface area contributed by atoms with E-state index in [1.807, 2.05) is 13.0 Å². The van der Waals surface area contributed by atoms with E-state index >= 15 is 0 Å². The Morgan fingerprint density at radius 1 is 1.15 bits per heavy atom. The number of nitrogens with one attached hydrogen (secondary N) is 1. The minimum Gasteiger partial charge on any atom is -0.484 e. The van der Waals surface area contributed by atoms with Gasteiger partial charge in [0, 0.05) is 22.4 Å².